The van der Waals surface area contributed by atoms with Gasteiger partial charge in [0.15, 0.2) is 11.5 Å². The first kappa shape index (κ1) is 28.7. The maximum atomic E-state index is 13.1. The third-order valence-electron chi connectivity index (χ3n) is 6.40. The number of aromatic nitrogens is 2. The SMILES string of the molecule is COc1cc(NC(=O)c2cccc(-n3cc(NC(=O)Cc4cccc(Oc5ccccc5)c4)cn3)c2)cc(OC)c1OC. The third kappa shape index (κ3) is 7.12. The van der Waals surface area contributed by atoms with Gasteiger partial charge in [-0.15, -0.1) is 0 Å². The number of carbonyl (C=O) groups is 2. The summed E-state index contributed by atoms with van der Waals surface area (Å²) in [5, 5.41) is 10.1. The van der Waals surface area contributed by atoms with Crippen LogP contribution in [0.3, 0.4) is 0 Å². The Morgan fingerprint density at radius 2 is 1.47 bits per heavy atom. The molecular weight excluding hydrogens is 548 g/mol. The minimum atomic E-state index is -0.338. The van der Waals surface area contributed by atoms with Gasteiger partial charge in [0, 0.05) is 23.4 Å². The molecule has 5 aromatic rings. The molecule has 0 saturated carbocycles. The minimum Gasteiger partial charge on any atom is -0.493 e. The average molecular weight is 579 g/mol. The van der Waals surface area contributed by atoms with Crippen LogP contribution in [0.4, 0.5) is 11.4 Å². The van der Waals surface area contributed by atoms with E-state index in [1.165, 1.54) is 21.3 Å². The van der Waals surface area contributed by atoms with Crippen molar-refractivity contribution in [2.45, 2.75) is 6.42 Å². The van der Waals surface area contributed by atoms with E-state index in [2.05, 4.69) is 15.7 Å². The van der Waals surface area contributed by atoms with Crippen molar-refractivity contribution in [3.8, 4) is 34.4 Å². The van der Waals surface area contributed by atoms with E-state index in [1.807, 2.05) is 60.7 Å². The van der Waals surface area contributed by atoms with Crippen LogP contribution >= 0.6 is 0 Å². The van der Waals surface area contributed by atoms with Gasteiger partial charge in [0.25, 0.3) is 5.91 Å². The molecule has 0 atom stereocenters. The normalized spacial score (nSPS) is 10.5. The first-order chi connectivity index (χ1) is 20.9. The number of benzene rings is 4. The van der Waals surface area contributed by atoms with Crippen LogP contribution in [0.1, 0.15) is 15.9 Å². The second-order valence-corrected chi connectivity index (χ2v) is 9.38. The van der Waals surface area contributed by atoms with Gasteiger partial charge in [0.05, 0.1) is 51.5 Å². The van der Waals surface area contributed by atoms with Crippen LogP contribution in [-0.4, -0.2) is 42.9 Å². The molecule has 0 radical (unpaired) electrons. The Morgan fingerprint density at radius 3 is 2.19 bits per heavy atom. The zero-order valence-corrected chi connectivity index (χ0v) is 23.9. The summed E-state index contributed by atoms with van der Waals surface area (Å²) in [5.41, 5.74) is 2.86. The maximum absolute atomic E-state index is 13.1. The summed E-state index contributed by atoms with van der Waals surface area (Å²) in [4.78, 5) is 25.9. The summed E-state index contributed by atoms with van der Waals surface area (Å²) in [6, 6.07) is 27.1. The van der Waals surface area contributed by atoms with E-state index in [-0.39, 0.29) is 18.2 Å². The van der Waals surface area contributed by atoms with E-state index < -0.39 is 0 Å². The predicted molar refractivity (Wildman–Crippen MR) is 163 cm³/mol. The number of anilines is 2. The van der Waals surface area contributed by atoms with Gasteiger partial charge in [-0.25, -0.2) is 4.68 Å². The number of rotatable bonds is 11. The molecule has 0 unspecified atom stereocenters. The molecule has 2 amide bonds. The molecule has 0 spiro atoms. The highest BCUT2D eigenvalue weighted by atomic mass is 16.5. The largest absolute Gasteiger partial charge is 0.493 e. The number of amides is 2. The lowest BCUT2D eigenvalue weighted by atomic mass is 10.1. The van der Waals surface area contributed by atoms with Gasteiger partial charge in [0.1, 0.15) is 11.5 Å². The standard InChI is InChI=1S/C33H30N4O6/c1-40-29-18-24(19-30(41-2)32(29)42-3)36-33(39)23-10-8-11-26(17-23)37-21-25(20-34-37)35-31(38)16-22-9-7-14-28(15-22)43-27-12-5-4-6-13-27/h4-15,17-21H,16H2,1-3H3,(H,35,38)(H,36,39). The van der Waals surface area contributed by atoms with Gasteiger partial charge < -0.3 is 29.6 Å². The predicted octanol–water partition coefficient (Wildman–Crippen LogP) is 6.12. The molecule has 43 heavy (non-hydrogen) atoms. The quantitative estimate of drug-likeness (QED) is 0.194. The number of nitrogens with one attached hydrogen (secondary N) is 2. The molecule has 218 valence electrons. The molecule has 0 bridgehead atoms. The van der Waals surface area contributed by atoms with Crippen LogP contribution in [0.25, 0.3) is 5.69 Å². The number of para-hydroxylation sites is 1. The first-order valence-electron chi connectivity index (χ1n) is 13.3. The van der Waals surface area contributed by atoms with Crippen LogP contribution in [0.2, 0.25) is 0 Å². The molecule has 5 rings (SSSR count). The van der Waals surface area contributed by atoms with Gasteiger partial charge in [-0.3, -0.25) is 9.59 Å². The topological polar surface area (TPSA) is 113 Å². The van der Waals surface area contributed by atoms with E-state index in [1.54, 1.807) is 47.4 Å². The van der Waals surface area contributed by atoms with Crippen LogP contribution < -0.4 is 29.6 Å². The van der Waals surface area contributed by atoms with E-state index in [9.17, 15) is 9.59 Å². The van der Waals surface area contributed by atoms with E-state index >= 15 is 0 Å². The highest BCUT2D eigenvalue weighted by Crippen LogP contribution is 2.40. The molecule has 10 heteroatoms. The third-order valence-corrected chi connectivity index (χ3v) is 6.40. The molecule has 0 saturated heterocycles. The number of hydrogen-bond donors (Lipinski definition) is 2. The fraction of sp³-hybridized carbons (Fsp3) is 0.121. The molecule has 2 N–H and O–H groups in total. The molecule has 0 aliphatic rings. The fourth-order valence-corrected chi connectivity index (χ4v) is 4.41. The summed E-state index contributed by atoms with van der Waals surface area (Å²) in [5.74, 6) is 2.11. The molecule has 1 heterocycles. The van der Waals surface area contributed by atoms with Crippen LogP contribution in [-0.2, 0) is 11.2 Å². The zero-order valence-electron chi connectivity index (χ0n) is 23.9. The summed E-state index contributed by atoms with van der Waals surface area (Å²) in [6.45, 7) is 0. The average Bonchev–Trinajstić information content (AvgIpc) is 3.49. The second kappa shape index (κ2) is 13.3. The lowest BCUT2D eigenvalue weighted by Gasteiger charge is -2.14. The smallest absolute Gasteiger partial charge is 0.255 e. The summed E-state index contributed by atoms with van der Waals surface area (Å²) >= 11 is 0. The summed E-state index contributed by atoms with van der Waals surface area (Å²) < 4.78 is 23.5. The summed E-state index contributed by atoms with van der Waals surface area (Å²) in [6.07, 6.45) is 3.40. The van der Waals surface area contributed by atoms with Gasteiger partial charge in [-0.05, 0) is 48.0 Å². The number of ether oxygens (including phenoxy) is 4. The Labute approximate surface area is 248 Å². The van der Waals surface area contributed by atoms with Gasteiger partial charge in [-0.2, -0.15) is 5.10 Å². The first-order valence-corrected chi connectivity index (χ1v) is 13.3. The van der Waals surface area contributed by atoms with Gasteiger partial charge in [-0.1, -0.05) is 36.4 Å². The molecule has 1 aromatic heterocycles. The monoisotopic (exact) mass is 578 g/mol. The molecule has 10 nitrogen and oxygen atoms in total. The number of carbonyl (C=O) groups excluding carboxylic acids is 2. The lowest BCUT2D eigenvalue weighted by Crippen LogP contribution is -2.14. The molecule has 0 aliphatic carbocycles. The van der Waals surface area contributed by atoms with E-state index in [4.69, 9.17) is 18.9 Å². The number of hydrogen-bond acceptors (Lipinski definition) is 7. The molecular formula is C33H30N4O6. The molecule has 0 fully saturated rings. The zero-order chi connectivity index (χ0) is 30.2. The van der Waals surface area contributed by atoms with Crippen molar-refractivity contribution >= 4 is 23.2 Å². The van der Waals surface area contributed by atoms with Crippen LogP contribution in [0.15, 0.2) is 103 Å². The van der Waals surface area contributed by atoms with Gasteiger partial charge in [0.2, 0.25) is 11.7 Å². The maximum Gasteiger partial charge on any atom is 0.255 e. The Balaban J connectivity index is 1.23. The highest BCUT2D eigenvalue weighted by molar-refractivity contribution is 6.05. The van der Waals surface area contributed by atoms with Crippen molar-refractivity contribution in [2.24, 2.45) is 0 Å². The minimum absolute atomic E-state index is 0.160. The van der Waals surface area contributed by atoms with Gasteiger partial charge >= 0.3 is 0 Å². The summed E-state index contributed by atoms with van der Waals surface area (Å²) in [7, 11) is 4.52. The number of methoxy groups -OCH3 is 3. The van der Waals surface area contributed by atoms with Crippen molar-refractivity contribution in [1.29, 1.82) is 0 Å². The van der Waals surface area contributed by atoms with Crippen LogP contribution in [0.5, 0.6) is 28.7 Å². The van der Waals surface area contributed by atoms with Crippen LogP contribution in [0, 0.1) is 0 Å². The Kier molecular flexibility index (Phi) is 8.87. The van der Waals surface area contributed by atoms with Crippen molar-refractivity contribution in [1.82, 2.24) is 9.78 Å². The number of nitrogens with zero attached hydrogens (tertiary/aromatic N) is 2. The van der Waals surface area contributed by atoms with E-state index in [0.29, 0.717) is 45.6 Å². The highest BCUT2D eigenvalue weighted by Gasteiger charge is 2.16. The van der Waals surface area contributed by atoms with Crippen molar-refractivity contribution < 1.29 is 28.5 Å². The van der Waals surface area contributed by atoms with Crippen molar-refractivity contribution in [3.63, 3.8) is 0 Å². The van der Waals surface area contributed by atoms with Crippen molar-refractivity contribution in [2.75, 3.05) is 32.0 Å². The Hall–Kier alpha value is -5.77. The lowest BCUT2D eigenvalue weighted by molar-refractivity contribution is -0.115. The Morgan fingerprint density at radius 1 is 0.744 bits per heavy atom. The Bertz CT molecular complexity index is 1710. The van der Waals surface area contributed by atoms with E-state index in [0.717, 1.165) is 11.3 Å². The second-order valence-electron chi connectivity index (χ2n) is 9.38. The molecule has 4 aromatic carbocycles. The molecule has 0 aliphatic heterocycles. The van der Waals surface area contributed by atoms with Crippen molar-refractivity contribution in [3.05, 3.63) is 115 Å². The fourth-order valence-electron chi connectivity index (χ4n) is 4.41.